The van der Waals surface area contributed by atoms with Gasteiger partial charge in [0.25, 0.3) is 5.91 Å². The van der Waals surface area contributed by atoms with Crippen molar-refractivity contribution in [2.45, 2.75) is 6.54 Å². The number of rotatable bonds is 5. The first-order valence-corrected chi connectivity index (χ1v) is 7.55. The number of nitrogens with one attached hydrogen (secondary N) is 2. The van der Waals surface area contributed by atoms with Crippen LogP contribution >= 0.6 is 0 Å². The summed E-state index contributed by atoms with van der Waals surface area (Å²) in [6.45, 7) is 0.524. The minimum atomic E-state index is -0.0782. The van der Waals surface area contributed by atoms with Crippen molar-refractivity contribution >= 4 is 17.3 Å². The quantitative estimate of drug-likeness (QED) is 0.735. The first-order valence-electron chi connectivity index (χ1n) is 7.55. The topological polar surface area (TPSA) is 41.1 Å². The van der Waals surface area contributed by atoms with Gasteiger partial charge in [-0.1, -0.05) is 54.6 Å². The Labute approximate surface area is 136 Å². The van der Waals surface area contributed by atoms with Gasteiger partial charge >= 0.3 is 0 Å². The summed E-state index contributed by atoms with van der Waals surface area (Å²) in [6.07, 6.45) is 0. The SMILES string of the molecule is O=C(NCc1ccccc1)c1cccc(Nc2ccccc2)c1. The Morgan fingerprint density at radius 2 is 1.39 bits per heavy atom. The summed E-state index contributed by atoms with van der Waals surface area (Å²) in [5.74, 6) is -0.0782. The molecule has 3 heteroatoms. The van der Waals surface area contributed by atoms with Crippen LogP contribution in [0.1, 0.15) is 15.9 Å². The fourth-order valence-corrected chi connectivity index (χ4v) is 2.31. The van der Waals surface area contributed by atoms with Crippen LogP contribution in [0.4, 0.5) is 11.4 Å². The molecule has 0 bridgehead atoms. The maximum absolute atomic E-state index is 12.3. The smallest absolute Gasteiger partial charge is 0.251 e. The van der Waals surface area contributed by atoms with Crippen LogP contribution in [-0.4, -0.2) is 5.91 Å². The minimum Gasteiger partial charge on any atom is -0.356 e. The highest BCUT2D eigenvalue weighted by Gasteiger charge is 2.06. The lowest BCUT2D eigenvalue weighted by Gasteiger charge is -2.09. The molecule has 3 nitrogen and oxygen atoms in total. The molecule has 0 saturated heterocycles. The van der Waals surface area contributed by atoms with E-state index in [1.54, 1.807) is 0 Å². The number of carbonyl (C=O) groups is 1. The van der Waals surface area contributed by atoms with Crippen LogP contribution < -0.4 is 10.6 Å². The van der Waals surface area contributed by atoms with Crippen LogP contribution in [0.25, 0.3) is 0 Å². The number of amides is 1. The highest BCUT2D eigenvalue weighted by molar-refractivity contribution is 5.95. The molecule has 3 aromatic rings. The van der Waals surface area contributed by atoms with Crippen LogP contribution in [0.5, 0.6) is 0 Å². The number of hydrogen-bond donors (Lipinski definition) is 2. The summed E-state index contributed by atoms with van der Waals surface area (Å²) >= 11 is 0. The standard InChI is InChI=1S/C20H18N2O/c23-20(21-15-16-8-3-1-4-9-16)17-10-7-13-19(14-17)22-18-11-5-2-6-12-18/h1-14,22H,15H2,(H,21,23). The third-order valence-electron chi connectivity index (χ3n) is 3.48. The summed E-state index contributed by atoms with van der Waals surface area (Å²) in [5, 5.41) is 6.23. The Morgan fingerprint density at radius 3 is 2.13 bits per heavy atom. The van der Waals surface area contributed by atoms with E-state index in [1.807, 2.05) is 84.9 Å². The zero-order chi connectivity index (χ0) is 15.9. The number of para-hydroxylation sites is 1. The second kappa shape index (κ2) is 7.27. The van der Waals surface area contributed by atoms with Crippen molar-refractivity contribution in [1.82, 2.24) is 5.32 Å². The third-order valence-corrected chi connectivity index (χ3v) is 3.48. The summed E-state index contributed by atoms with van der Waals surface area (Å²) in [7, 11) is 0. The predicted molar refractivity (Wildman–Crippen MR) is 93.8 cm³/mol. The second-order valence-corrected chi connectivity index (χ2v) is 5.24. The molecule has 0 aromatic heterocycles. The molecular weight excluding hydrogens is 284 g/mol. The van der Waals surface area contributed by atoms with Gasteiger partial charge in [-0.2, -0.15) is 0 Å². The van der Waals surface area contributed by atoms with E-state index in [1.165, 1.54) is 0 Å². The molecule has 0 aliphatic carbocycles. The van der Waals surface area contributed by atoms with Crippen molar-refractivity contribution < 1.29 is 4.79 Å². The van der Waals surface area contributed by atoms with Crippen molar-refractivity contribution in [3.8, 4) is 0 Å². The molecule has 0 saturated carbocycles. The average molecular weight is 302 g/mol. The van der Waals surface area contributed by atoms with Gasteiger partial charge < -0.3 is 10.6 Å². The third kappa shape index (κ3) is 4.20. The maximum atomic E-state index is 12.3. The molecule has 2 N–H and O–H groups in total. The van der Waals surface area contributed by atoms with E-state index in [4.69, 9.17) is 0 Å². The van der Waals surface area contributed by atoms with Crippen LogP contribution in [-0.2, 0) is 6.54 Å². The molecule has 1 amide bonds. The molecule has 3 aromatic carbocycles. The van der Waals surface area contributed by atoms with Gasteiger partial charge in [0.2, 0.25) is 0 Å². The summed E-state index contributed by atoms with van der Waals surface area (Å²) in [4.78, 5) is 12.3. The average Bonchev–Trinajstić information content (AvgIpc) is 2.62. The Morgan fingerprint density at radius 1 is 0.739 bits per heavy atom. The highest BCUT2D eigenvalue weighted by atomic mass is 16.1. The Balaban J connectivity index is 1.65. The van der Waals surface area contributed by atoms with Crippen molar-refractivity contribution in [2.24, 2.45) is 0 Å². The second-order valence-electron chi connectivity index (χ2n) is 5.24. The summed E-state index contributed by atoms with van der Waals surface area (Å²) in [6, 6.07) is 27.3. The van der Waals surface area contributed by atoms with Crippen LogP contribution in [0, 0.1) is 0 Å². The van der Waals surface area contributed by atoms with E-state index in [2.05, 4.69) is 10.6 Å². The molecule has 0 atom stereocenters. The Kier molecular flexibility index (Phi) is 4.69. The fraction of sp³-hybridized carbons (Fsp3) is 0.0500. The first kappa shape index (κ1) is 14.9. The number of benzene rings is 3. The number of carbonyl (C=O) groups excluding carboxylic acids is 1. The zero-order valence-electron chi connectivity index (χ0n) is 12.7. The minimum absolute atomic E-state index is 0.0782. The number of anilines is 2. The molecule has 0 unspecified atom stereocenters. The molecule has 23 heavy (non-hydrogen) atoms. The largest absolute Gasteiger partial charge is 0.356 e. The zero-order valence-corrected chi connectivity index (χ0v) is 12.7. The normalized spacial score (nSPS) is 10.1. The molecule has 0 heterocycles. The van der Waals surface area contributed by atoms with Gasteiger partial charge in [-0.25, -0.2) is 0 Å². The van der Waals surface area contributed by atoms with Crippen molar-refractivity contribution in [2.75, 3.05) is 5.32 Å². The van der Waals surface area contributed by atoms with E-state index in [9.17, 15) is 4.79 Å². The summed E-state index contributed by atoms with van der Waals surface area (Å²) in [5.41, 5.74) is 3.61. The monoisotopic (exact) mass is 302 g/mol. The predicted octanol–water partition coefficient (Wildman–Crippen LogP) is 4.36. The van der Waals surface area contributed by atoms with Gasteiger partial charge in [-0.05, 0) is 35.9 Å². The van der Waals surface area contributed by atoms with Crippen molar-refractivity contribution in [3.05, 3.63) is 96.1 Å². The van der Waals surface area contributed by atoms with E-state index in [0.717, 1.165) is 16.9 Å². The van der Waals surface area contributed by atoms with Crippen molar-refractivity contribution in [1.29, 1.82) is 0 Å². The van der Waals surface area contributed by atoms with Gasteiger partial charge in [0.05, 0.1) is 0 Å². The molecular formula is C20H18N2O. The van der Waals surface area contributed by atoms with Crippen LogP contribution in [0.15, 0.2) is 84.9 Å². The molecule has 3 rings (SSSR count). The Hall–Kier alpha value is -3.07. The Bertz CT molecular complexity index is 770. The van der Waals surface area contributed by atoms with Gasteiger partial charge in [0.1, 0.15) is 0 Å². The van der Waals surface area contributed by atoms with Gasteiger partial charge in [0.15, 0.2) is 0 Å². The molecule has 0 fully saturated rings. The molecule has 0 aliphatic heterocycles. The van der Waals surface area contributed by atoms with E-state index < -0.39 is 0 Å². The van der Waals surface area contributed by atoms with Gasteiger partial charge in [0, 0.05) is 23.5 Å². The lowest BCUT2D eigenvalue weighted by Crippen LogP contribution is -2.22. The van der Waals surface area contributed by atoms with Gasteiger partial charge in [-0.15, -0.1) is 0 Å². The number of hydrogen-bond acceptors (Lipinski definition) is 2. The van der Waals surface area contributed by atoms with E-state index in [-0.39, 0.29) is 5.91 Å². The molecule has 0 radical (unpaired) electrons. The fourth-order valence-electron chi connectivity index (χ4n) is 2.31. The lowest BCUT2D eigenvalue weighted by molar-refractivity contribution is 0.0951. The molecule has 0 spiro atoms. The highest BCUT2D eigenvalue weighted by Crippen LogP contribution is 2.17. The lowest BCUT2D eigenvalue weighted by atomic mass is 10.1. The molecule has 0 aliphatic rings. The van der Waals surface area contributed by atoms with E-state index in [0.29, 0.717) is 12.1 Å². The van der Waals surface area contributed by atoms with E-state index >= 15 is 0 Å². The van der Waals surface area contributed by atoms with Crippen LogP contribution in [0.3, 0.4) is 0 Å². The summed E-state index contributed by atoms with van der Waals surface area (Å²) < 4.78 is 0. The van der Waals surface area contributed by atoms with Gasteiger partial charge in [-0.3, -0.25) is 4.79 Å². The van der Waals surface area contributed by atoms with Crippen LogP contribution in [0.2, 0.25) is 0 Å². The van der Waals surface area contributed by atoms with Crippen molar-refractivity contribution in [3.63, 3.8) is 0 Å². The maximum Gasteiger partial charge on any atom is 0.251 e. The molecule has 114 valence electrons. The first-order chi connectivity index (χ1) is 11.3.